The van der Waals surface area contributed by atoms with E-state index in [1.807, 2.05) is 10.8 Å². The van der Waals surface area contributed by atoms with Gasteiger partial charge in [-0.25, -0.2) is 4.98 Å². The Morgan fingerprint density at radius 1 is 0.964 bits per heavy atom. The maximum atomic E-state index is 13.3. The SMILES string of the molecule is C[C@]12CCCCC1CC[C@@H]1C2CC[C@@]2(C)C1CCC[C@@H]2C(=O)Cn1ccnc1. The van der Waals surface area contributed by atoms with Crippen LogP contribution in [0.4, 0.5) is 0 Å². The normalized spacial score (nSPS) is 45.6. The Morgan fingerprint density at radius 2 is 1.82 bits per heavy atom. The number of hydrogen-bond donors (Lipinski definition) is 0. The van der Waals surface area contributed by atoms with Gasteiger partial charge in [-0.05, 0) is 85.9 Å². The van der Waals surface area contributed by atoms with Gasteiger partial charge >= 0.3 is 0 Å². The molecule has 1 aromatic rings. The number of hydrogen-bond acceptors (Lipinski definition) is 2. The number of ketones is 1. The molecule has 28 heavy (non-hydrogen) atoms. The number of fused-ring (bicyclic) bond motifs is 5. The molecule has 0 N–H and O–H groups in total. The fraction of sp³-hybridized carbons (Fsp3) is 0.840. The van der Waals surface area contributed by atoms with E-state index in [-0.39, 0.29) is 11.3 Å². The van der Waals surface area contributed by atoms with Crippen molar-refractivity contribution in [1.82, 2.24) is 9.55 Å². The van der Waals surface area contributed by atoms with Gasteiger partial charge in [0.2, 0.25) is 0 Å². The summed E-state index contributed by atoms with van der Waals surface area (Å²) >= 11 is 0. The maximum Gasteiger partial charge on any atom is 0.156 e. The van der Waals surface area contributed by atoms with Gasteiger partial charge in [0.05, 0.1) is 12.9 Å². The van der Waals surface area contributed by atoms with Gasteiger partial charge in [0, 0.05) is 18.3 Å². The zero-order valence-corrected chi connectivity index (χ0v) is 17.9. The molecule has 0 spiro atoms. The Kier molecular flexibility index (Phi) is 4.71. The standard InChI is InChI=1S/C25H38N2O/c1-24-12-4-3-6-18(24)9-10-19-20-7-5-8-22(25(20,2)13-11-21(19)24)23(28)16-27-15-14-26-17-27/h14-15,17-22H,3-13,16H2,1-2H3/t18?,19-,20?,21?,22+,24-,25-/m0/s1. The van der Waals surface area contributed by atoms with Crippen LogP contribution in [0.5, 0.6) is 0 Å². The Morgan fingerprint density at radius 3 is 2.64 bits per heavy atom. The minimum atomic E-state index is 0.231. The van der Waals surface area contributed by atoms with Crippen molar-refractivity contribution in [3.63, 3.8) is 0 Å². The largest absolute Gasteiger partial charge is 0.330 e. The van der Waals surface area contributed by atoms with Crippen molar-refractivity contribution in [2.75, 3.05) is 0 Å². The molecular formula is C25H38N2O. The molecule has 154 valence electrons. The van der Waals surface area contributed by atoms with Gasteiger partial charge < -0.3 is 4.57 Å². The summed E-state index contributed by atoms with van der Waals surface area (Å²) in [6.07, 6.45) is 20.6. The molecule has 0 amide bonds. The van der Waals surface area contributed by atoms with Gasteiger partial charge in [-0.1, -0.05) is 33.1 Å². The average molecular weight is 383 g/mol. The molecule has 0 aliphatic heterocycles. The lowest BCUT2D eigenvalue weighted by Crippen LogP contribution is -2.56. The van der Waals surface area contributed by atoms with Gasteiger partial charge in [0.15, 0.2) is 5.78 Å². The minimum Gasteiger partial charge on any atom is -0.330 e. The van der Waals surface area contributed by atoms with E-state index in [9.17, 15) is 4.79 Å². The third-order valence-electron chi connectivity index (χ3n) is 10.1. The molecule has 0 aromatic carbocycles. The highest BCUT2D eigenvalue weighted by Crippen LogP contribution is 2.66. The van der Waals surface area contributed by atoms with E-state index in [0.29, 0.717) is 17.7 Å². The van der Waals surface area contributed by atoms with Crippen LogP contribution in [0.3, 0.4) is 0 Å². The Bertz CT molecular complexity index is 712. The number of aromatic nitrogens is 2. The first-order valence-electron chi connectivity index (χ1n) is 12.0. The second-order valence-corrected chi connectivity index (χ2v) is 11.1. The summed E-state index contributed by atoms with van der Waals surface area (Å²) in [7, 11) is 0. The van der Waals surface area contributed by atoms with Crippen molar-refractivity contribution in [2.24, 2.45) is 40.4 Å². The number of nitrogens with zero attached hydrogens (tertiary/aromatic N) is 2. The summed E-state index contributed by atoms with van der Waals surface area (Å²) < 4.78 is 1.97. The lowest BCUT2D eigenvalue weighted by molar-refractivity contribution is -0.155. The molecule has 3 nitrogen and oxygen atoms in total. The summed E-state index contributed by atoms with van der Waals surface area (Å²) in [5.74, 6) is 4.27. The monoisotopic (exact) mass is 382 g/mol. The van der Waals surface area contributed by atoms with Crippen molar-refractivity contribution in [3.8, 4) is 0 Å². The fourth-order valence-corrected chi connectivity index (χ4v) is 8.69. The molecule has 1 aromatic heterocycles. The van der Waals surface area contributed by atoms with Crippen LogP contribution in [0.25, 0.3) is 0 Å². The fourth-order valence-electron chi connectivity index (χ4n) is 8.69. The molecule has 4 aliphatic carbocycles. The van der Waals surface area contributed by atoms with Crippen LogP contribution in [0.2, 0.25) is 0 Å². The second-order valence-electron chi connectivity index (χ2n) is 11.1. The number of rotatable bonds is 3. The molecule has 0 bridgehead atoms. The van der Waals surface area contributed by atoms with E-state index in [4.69, 9.17) is 0 Å². The molecule has 1 heterocycles. The van der Waals surface area contributed by atoms with Gasteiger partial charge in [0.25, 0.3) is 0 Å². The smallest absolute Gasteiger partial charge is 0.156 e. The predicted molar refractivity (Wildman–Crippen MR) is 112 cm³/mol. The minimum absolute atomic E-state index is 0.231. The van der Waals surface area contributed by atoms with Crippen LogP contribution in [0.15, 0.2) is 18.7 Å². The van der Waals surface area contributed by atoms with Crippen LogP contribution in [-0.4, -0.2) is 15.3 Å². The zero-order chi connectivity index (χ0) is 19.4. The first-order chi connectivity index (χ1) is 13.5. The van der Waals surface area contributed by atoms with Crippen molar-refractivity contribution in [2.45, 2.75) is 91.0 Å². The van der Waals surface area contributed by atoms with Crippen LogP contribution >= 0.6 is 0 Å². The highest BCUT2D eigenvalue weighted by Gasteiger charge is 2.59. The van der Waals surface area contributed by atoms with E-state index >= 15 is 0 Å². The molecular weight excluding hydrogens is 344 g/mol. The highest BCUT2D eigenvalue weighted by atomic mass is 16.1. The Hall–Kier alpha value is -1.12. The van der Waals surface area contributed by atoms with E-state index < -0.39 is 0 Å². The van der Waals surface area contributed by atoms with E-state index in [1.54, 1.807) is 12.5 Å². The predicted octanol–water partition coefficient (Wildman–Crippen LogP) is 5.89. The molecule has 4 aliphatic rings. The van der Waals surface area contributed by atoms with E-state index in [1.165, 1.54) is 64.2 Å². The van der Waals surface area contributed by atoms with Crippen LogP contribution in [-0.2, 0) is 11.3 Å². The van der Waals surface area contributed by atoms with E-state index in [0.717, 1.165) is 30.1 Å². The van der Waals surface area contributed by atoms with Crippen LogP contribution < -0.4 is 0 Å². The number of carbonyl (C=O) groups is 1. The average Bonchev–Trinajstić information content (AvgIpc) is 3.19. The Balaban J connectivity index is 1.39. The number of carbonyl (C=O) groups excluding carboxylic acids is 1. The van der Waals surface area contributed by atoms with Crippen molar-refractivity contribution in [1.29, 1.82) is 0 Å². The third kappa shape index (κ3) is 2.82. The first-order valence-corrected chi connectivity index (χ1v) is 12.0. The highest BCUT2D eigenvalue weighted by molar-refractivity contribution is 5.81. The summed E-state index contributed by atoms with van der Waals surface area (Å²) in [6.45, 7) is 5.67. The lowest BCUT2D eigenvalue weighted by Gasteiger charge is -2.63. The summed E-state index contributed by atoms with van der Waals surface area (Å²) in [4.78, 5) is 17.5. The molecule has 5 rings (SSSR count). The molecule has 3 unspecified atom stereocenters. The topological polar surface area (TPSA) is 34.9 Å². The second kappa shape index (κ2) is 6.99. The van der Waals surface area contributed by atoms with Crippen molar-refractivity contribution >= 4 is 5.78 Å². The molecule has 4 fully saturated rings. The van der Waals surface area contributed by atoms with Gasteiger partial charge in [-0.3, -0.25) is 4.79 Å². The van der Waals surface area contributed by atoms with Crippen LogP contribution in [0.1, 0.15) is 84.5 Å². The lowest BCUT2D eigenvalue weighted by atomic mass is 9.41. The van der Waals surface area contributed by atoms with Crippen LogP contribution in [0, 0.1) is 40.4 Å². The third-order valence-corrected chi connectivity index (χ3v) is 10.1. The van der Waals surface area contributed by atoms with Gasteiger partial charge in [-0.2, -0.15) is 0 Å². The first kappa shape index (κ1) is 18.9. The quantitative estimate of drug-likeness (QED) is 0.653. The molecule has 4 saturated carbocycles. The van der Waals surface area contributed by atoms with E-state index in [2.05, 4.69) is 18.8 Å². The summed E-state index contributed by atoms with van der Waals surface area (Å²) in [5.41, 5.74) is 0.825. The molecule has 7 atom stereocenters. The maximum absolute atomic E-state index is 13.3. The number of Topliss-reactive ketones (excluding diaryl/α,β-unsaturated/α-hetero) is 1. The number of imidazole rings is 1. The molecule has 3 heteroatoms. The Labute approximate surface area is 170 Å². The van der Waals surface area contributed by atoms with Gasteiger partial charge in [-0.15, -0.1) is 0 Å². The molecule has 0 saturated heterocycles. The summed E-state index contributed by atoms with van der Waals surface area (Å²) in [5, 5.41) is 0. The van der Waals surface area contributed by atoms with Crippen molar-refractivity contribution < 1.29 is 4.79 Å². The summed E-state index contributed by atoms with van der Waals surface area (Å²) in [6, 6.07) is 0. The molecule has 0 radical (unpaired) electrons. The van der Waals surface area contributed by atoms with Crippen molar-refractivity contribution in [3.05, 3.63) is 18.7 Å². The zero-order valence-electron chi connectivity index (χ0n) is 17.9. The van der Waals surface area contributed by atoms with Gasteiger partial charge in [0.1, 0.15) is 0 Å².